The summed E-state index contributed by atoms with van der Waals surface area (Å²) < 4.78 is 0. The lowest BCUT2D eigenvalue weighted by Crippen LogP contribution is -2.13. The minimum Gasteiger partial charge on any atom is -0.310 e. The Kier molecular flexibility index (Phi) is 11.5. The number of anilines is 6. The molecule has 344 valence electrons. The summed E-state index contributed by atoms with van der Waals surface area (Å²) in [5.74, 6) is 0. The fraction of sp³-hybridized carbons (Fsp3) is 0.0571. The van der Waals surface area contributed by atoms with E-state index in [1.54, 1.807) is 0 Å². The smallest absolute Gasteiger partial charge is 0.0546 e. The van der Waals surface area contributed by atoms with Crippen molar-refractivity contribution in [2.24, 2.45) is 0 Å². The van der Waals surface area contributed by atoms with Gasteiger partial charge in [0.05, 0.1) is 11.4 Å². The number of hydrogen-bond donors (Lipinski definition) is 0. The van der Waals surface area contributed by atoms with Crippen molar-refractivity contribution in [3.8, 4) is 44.5 Å². The quantitative estimate of drug-likeness (QED) is 0.126. The van der Waals surface area contributed by atoms with E-state index in [0.29, 0.717) is 0 Å². The number of aryl methyl sites for hydroxylation is 4. The van der Waals surface area contributed by atoms with Crippen molar-refractivity contribution in [2.75, 3.05) is 9.80 Å². The maximum absolute atomic E-state index is 2.49. The third-order valence-electron chi connectivity index (χ3n) is 14.3. The molecule has 12 aromatic rings. The van der Waals surface area contributed by atoms with Crippen molar-refractivity contribution in [1.29, 1.82) is 0 Å². The lowest BCUT2D eigenvalue weighted by molar-refractivity contribution is 1.25. The highest BCUT2D eigenvalue weighted by molar-refractivity contribution is 6.24. The molecule has 2 heteroatoms. The number of hydrogen-bond acceptors (Lipinski definition) is 2. The zero-order chi connectivity index (χ0) is 48.7. The third-order valence-corrected chi connectivity index (χ3v) is 14.3. The van der Waals surface area contributed by atoms with Crippen LogP contribution in [0.15, 0.2) is 255 Å². The zero-order valence-electron chi connectivity index (χ0n) is 41.1. The van der Waals surface area contributed by atoms with Crippen molar-refractivity contribution in [2.45, 2.75) is 27.7 Å². The molecule has 2 nitrogen and oxygen atoms in total. The van der Waals surface area contributed by atoms with E-state index in [1.165, 1.54) is 99.1 Å². The first-order chi connectivity index (χ1) is 35.3. The Labute approximate surface area is 423 Å². The Bertz CT molecular complexity index is 3720. The van der Waals surface area contributed by atoms with Gasteiger partial charge in [-0.15, -0.1) is 0 Å². The lowest BCUT2D eigenvalue weighted by atomic mass is 9.92. The predicted octanol–water partition coefficient (Wildman–Crippen LogP) is 20.0. The summed E-state index contributed by atoms with van der Waals surface area (Å²) in [7, 11) is 0. The maximum atomic E-state index is 2.49. The van der Waals surface area contributed by atoms with Gasteiger partial charge in [0.1, 0.15) is 0 Å². The summed E-state index contributed by atoms with van der Waals surface area (Å²) in [6, 6.07) is 93.8. The minimum absolute atomic E-state index is 1.10. The van der Waals surface area contributed by atoms with Crippen LogP contribution in [0.3, 0.4) is 0 Å². The van der Waals surface area contributed by atoms with Gasteiger partial charge in [0.25, 0.3) is 0 Å². The fourth-order valence-corrected chi connectivity index (χ4v) is 10.9. The second-order valence-corrected chi connectivity index (χ2v) is 19.2. The van der Waals surface area contributed by atoms with Crippen LogP contribution in [-0.4, -0.2) is 0 Å². The van der Waals surface area contributed by atoms with Gasteiger partial charge >= 0.3 is 0 Å². The Morgan fingerprint density at radius 1 is 0.208 bits per heavy atom. The van der Waals surface area contributed by atoms with Crippen LogP contribution < -0.4 is 9.80 Å². The number of fused-ring (bicyclic) bond motifs is 5. The average molecular weight is 923 g/mol. The molecule has 0 atom stereocenters. The SMILES string of the molecule is Cc1ccc(N(c2cccc(-c3cccc(-c4ccccc4)c3)c2)c2cc3c4ccccc4c(N(c4cccc(-c5cccc(-c6ccccc6)c5)c4)c4ccc(C)cc4C)cc3c3ccccc23)c(C)c1. The van der Waals surface area contributed by atoms with Crippen LogP contribution in [0.4, 0.5) is 34.1 Å². The second-order valence-electron chi connectivity index (χ2n) is 19.2. The summed E-state index contributed by atoms with van der Waals surface area (Å²) in [5.41, 5.74) is 21.2. The first-order valence-electron chi connectivity index (χ1n) is 25.0. The molecular weight excluding hydrogens is 869 g/mol. The summed E-state index contributed by atoms with van der Waals surface area (Å²) >= 11 is 0. The number of nitrogens with zero attached hydrogens (tertiary/aromatic N) is 2. The van der Waals surface area contributed by atoms with E-state index in [9.17, 15) is 0 Å². The van der Waals surface area contributed by atoms with Gasteiger partial charge in [-0.2, -0.15) is 0 Å². The molecule has 0 aliphatic rings. The molecule has 0 aliphatic carbocycles. The monoisotopic (exact) mass is 922 g/mol. The predicted molar refractivity (Wildman–Crippen MR) is 309 cm³/mol. The van der Waals surface area contributed by atoms with Crippen molar-refractivity contribution in [1.82, 2.24) is 0 Å². The van der Waals surface area contributed by atoms with Crippen LogP contribution in [0.25, 0.3) is 76.8 Å². The van der Waals surface area contributed by atoms with E-state index < -0.39 is 0 Å². The molecule has 0 radical (unpaired) electrons. The Hall–Kier alpha value is -8.98. The van der Waals surface area contributed by atoms with Crippen molar-refractivity contribution < 1.29 is 0 Å². The molecule has 0 unspecified atom stereocenters. The topological polar surface area (TPSA) is 6.48 Å². The molecule has 12 rings (SSSR count). The van der Waals surface area contributed by atoms with Crippen molar-refractivity contribution >= 4 is 66.4 Å². The fourth-order valence-electron chi connectivity index (χ4n) is 10.9. The van der Waals surface area contributed by atoms with E-state index >= 15 is 0 Å². The molecule has 0 aliphatic heterocycles. The highest BCUT2D eigenvalue weighted by Crippen LogP contribution is 2.49. The van der Waals surface area contributed by atoms with Crippen LogP contribution in [0, 0.1) is 27.7 Å². The third kappa shape index (κ3) is 8.27. The molecule has 0 bridgehead atoms. The molecule has 0 N–H and O–H groups in total. The van der Waals surface area contributed by atoms with Crippen LogP contribution >= 0.6 is 0 Å². The molecule has 72 heavy (non-hydrogen) atoms. The average Bonchev–Trinajstić information content (AvgIpc) is 3.43. The van der Waals surface area contributed by atoms with Crippen molar-refractivity contribution in [3.63, 3.8) is 0 Å². The van der Waals surface area contributed by atoms with Crippen LogP contribution in [0.1, 0.15) is 22.3 Å². The van der Waals surface area contributed by atoms with E-state index in [4.69, 9.17) is 0 Å². The number of rotatable bonds is 10. The van der Waals surface area contributed by atoms with E-state index in [-0.39, 0.29) is 0 Å². The summed E-state index contributed by atoms with van der Waals surface area (Å²) in [6.45, 7) is 8.84. The normalized spacial score (nSPS) is 11.3. The summed E-state index contributed by atoms with van der Waals surface area (Å²) in [6.07, 6.45) is 0. The summed E-state index contributed by atoms with van der Waals surface area (Å²) in [4.78, 5) is 4.98. The largest absolute Gasteiger partial charge is 0.310 e. The second kappa shape index (κ2) is 18.7. The van der Waals surface area contributed by atoms with E-state index in [1.807, 2.05) is 0 Å². The van der Waals surface area contributed by atoms with Crippen LogP contribution in [-0.2, 0) is 0 Å². The summed E-state index contributed by atoms with van der Waals surface area (Å²) in [5, 5.41) is 7.17. The van der Waals surface area contributed by atoms with Gasteiger partial charge < -0.3 is 9.80 Å². The molecule has 0 fully saturated rings. The Morgan fingerprint density at radius 2 is 0.528 bits per heavy atom. The van der Waals surface area contributed by atoms with Gasteiger partial charge in [0, 0.05) is 33.5 Å². The molecule has 0 saturated carbocycles. The lowest BCUT2D eigenvalue weighted by Gasteiger charge is -2.31. The van der Waals surface area contributed by atoms with Gasteiger partial charge in [-0.3, -0.25) is 0 Å². The molecular formula is C70H54N2. The Morgan fingerprint density at radius 3 is 0.917 bits per heavy atom. The first-order valence-corrected chi connectivity index (χ1v) is 25.0. The van der Waals surface area contributed by atoms with Gasteiger partial charge in [-0.05, 0) is 166 Å². The standard InChI is InChI=1S/C70H54N2/c1-47-35-37-67(49(3)39-47)71(59-29-17-27-57(43-59)55-25-15-23-53(41-55)51-19-7-5-8-20-51)69-45-65-62-32-12-14-34-64(62)70(46-66(65)61-31-11-13-33-63(61)69)72(68-38-36-48(2)40-50(68)4)60-30-18-28-58(44-60)56-26-16-24-54(42-56)52-21-9-6-10-22-52/h5-46H,1-4H3. The van der Waals surface area contributed by atoms with Gasteiger partial charge in [-0.25, -0.2) is 0 Å². The molecule has 12 aromatic carbocycles. The minimum atomic E-state index is 1.10. The molecule has 0 amide bonds. The maximum Gasteiger partial charge on any atom is 0.0546 e. The molecule has 0 heterocycles. The molecule has 0 saturated heterocycles. The highest BCUT2D eigenvalue weighted by atomic mass is 15.2. The van der Waals surface area contributed by atoms with E-state index in [0.717, 1.165) is 34.1 Å². The van der Waals surface area contributed by atoms with Gasteiger partial charge in [-0.1, -0.05) is 205 Å². The highest BCUT2D eigenvalue weighted by Gasteiger charge is 2.24. The van der Waals surface area contributed by atoms with Gasteiger partial charge in [0.2, 0.25) is 0 Å². The first kappa shape index (κ1) is 44.2. The number of benzene rings is 12. The van der Waals surface area contributed by atoms with Crippen LogP contribution in [0.5, 0.6) is 0 Å². The van der Waals surface area contributed by atoms with E-state index in [2.05, 4.69) is 292 Å². The zero-order valence-corrected chi connectivity index (χ0v) is 41.1. The molecule has 0 aromatic heterocycles. The molecule has 0 spiro atoms. The van der Waals surface area contributed by atoms with Gasteiger partial charge in [0.15, 0.2) is 0 Å². The Balaban J connectivity index is 1.07. The van der Waals surface area contributed by atoms with Crippen molar-refractivity contribution in [3.05, 3.63) is 277 Å². The van der Waals surface area contributed by atoms with Crippen LogP contribution in [0.2, 0.25) is 0 Å².